The molecule has 0 bridgehead atoms. The minimum Gasteiger partial charge on any atom is -0.496 e. The Labute approximate surface area is 115 Å². The van der Waals surface area contributed by atoms with E-state index in [2.05, 4.69) is 28.4 Å². The number of nitrogens with one attached hydrogen (secondary N) is 1. The Kier molecular flexibility index (Phi) is 4.04. The van der Waals surface area contributed by atoms with Gasteiger partial charge in [0.25, 0.3) is 0 Å². The molecule has 19 heavy (non-hydrogen) atoms. The molecule has 1 heterocycles. The van der Waals surface area contributed by atoms with Crippen molar-refractivity contribution in [1.29, 1.82) is 0 Å². The summed E-state index contributed by atoms with van der Waals surface area (Å²) in [5.74, 6) is 1.08. The summed E-state index contributed by atoms with van der Waals surface area (Å²) in [6, 6.07) is 7.15. The van der Waals surface area contributed by atoms with E-state index in [4.69, 9.17) is 4.74 Å². The van der Waals surface area contributed by atoms with Crippen LogP contribution in [0.4, 0.5) is 0 Å². The van der Waals surface area contributed by atoms with Gasteiger partial charge < -0.3 is 10.1 Å². The maximum absolute atomic E-state index is 5.54. The summed E-state index contributed by atoms with van der Waals surface area (Å²) in [4.78, 5) is 2.66. The van der Waals surface area contributed by atoms with Gasteiger partial charge in [0.2, 0.25) is 0 Å². The summed E-state index contributed by atoms with van der Waals surface area (Å²) in [5, 5.41) is 3.50. The lowest BCUT2D eigenvalue weighted by Gasteiger charge is -2.35. The van der Waals surface area contributed by atoms with Crippen LogP contribution in [0.15, 0.2) is 18.2 Å². The van der Waals surface area contributed by atoms with Gasteiger partial charge in [-0.1, -0.05) is 12.1 Å². The average molecular weight is 260 g/mol. The zero-order valence-electron chi connectivity index (χ0n) is 11.8. The second-order valence-corrected chi connectivity index (χ2v) is 5.58. The van der Waals surface area contributed by atoms with Gasteiger partial charge in [0, 0.05) is 25.7 Å². The van der Waals surface area contributed by atoms with E-state index in [-0.39, 0.29) is 0 Å². The standard InChI is InChI=1S/C16H24N2O/c1-19-16-8-3-5-13-14(16)6-2-7-15(13)18-11-4-9-17-10-12-18/h3,5,8,15,17H,2,4,6-7,9-12H2,1H3. The Morgan fingerprint density at radius 2 is 2.16 bits per heavy atom. The van der Waals surface area contributed by atoms with E-state index in [0.717, 1.165) is 18.8 Å². The van der Waals surface area contributed by atoms with E-state index < -0.39 is 0 Å². The highest BCUT2D eigenvalue weighted by Crippen LogP contribution is 2.38. The Balaban J connectivity index is 1.89. The third-order valence-corrected chi connectivity index (χ3v) is 4.47. The molecular formula is C16H24N2O. The van der Waals surface area contributed by atoms with E-state index in [1.165, 1.54) is 49.9 Å². The van der Waals surface area contributed by atoms with Gasteiger partial charge in [-0.25, -0.2) is 0 Å². The van der Waals surface area contributed by atoms with Crippen LogP contribution in [0, 0.1) is 0 Å². The van der Waals surface area contributed by atoms with E-state index in [1.807, 2.05) is 0 Å². The average Bonchev–Trinajstić information content (AvgIpc) is 2.75. The van der Waals surface area contributed by atoms with Crippen LogP contribution in [0.1, 0.15) is 36.4 Å². The van der Waals surface area contributed by atoms with Crippen molar-refractivity contribution in [1.82, 2.24) is 10.2 Å². The summed E-state index contributed by atoms with van der Waals surface area (Å²) in [6.07, 6.45) is 5.00. The molecule has 1 aromatic carbocycles. The number of fused-ring (bicyclic) bond motifs is 1. The highest BCUT2D eigenvalue weighted by Gasteiger charge is 2.27. The SMILES string of the molecule is COc1cccc2c1CCCC2N1CCCNCC1. The molecule has 1 unspecified atom stereocenters. The van der Waals surface area contributed by atoms with Crippen molar-refractivity contribution < 1.29 is 4.74 Å². The summed E-state index contributed by atoms with van der Waals surface area (Å²) < 4.78 is 5.54. The molecule has 1 N–H and O–H groups in total. The van der Waals surface area contributed by atoms with E-state index >= 15 is 0 Å². The third-order valence-electron chi connectivity index (χ3n) is 4.47. The number of rotatable bonds is 2. The van der Waals surface area contributed by atoms with Gasteiger partial charge in [-0.2, -0.15) is 0 Å². The van der Waals surface area contributed by atoms with Crippen LogP contribution in [0.3, 0.4) is 0 Å². The lowest BCUT2D eigenvalue weighted by atomic mass is 9.86. The monoisotopic (exact) mass is 260 g/mol. The molecule has 0 spiro atoms. The largest absolute Gasteiger partial charge is 0.496 e. The molecule has 1 fully saturated rings. The van der Waals surface area contributed by atoms with E-state index in [1.54, 1.807) is 7.11 Å². The zero-order valence-corrected chi connectivity index (χ0v) is 11.8. The quantitative estimate of drug-likeness (QED) is 0.883. The Hall–Kier alpha value is -1.06. The molecule has 1 aromatic rings. The normalized spacial score (nSPS) is 24.6. The van der Waals surface area contributed by atoms with E-state index in [9.17, 15) is 0 Å². The molecular weight excluding hydrogens is 236 g/mol. The lowest BCUT2D eigenvalue weighted by Crippen LogP contribution is -2.34. The topological polar surface area (TPSA) is 24.5 Å². The fraction of sp³-hybridized carbons (Fsp3) is 0.625. The highest BCUT2D eigenvalue weighted by atomic mass is 16.5. The highest BCUT2D eigenvalue weighted by molar-refractivity contribution is 5.43. The Morgan fingerprint density at radius 3 is 3.05 bits per heavy atom. The molecule has 3 heteroatoms. The fourth-order valence-corrected chi connectivity index (χ4v) is 3.54. The molecule has 0 amide bonds. The number of ether oxygens (including phenoxy) is 1. The minimum atomic E-state index is 0.596. The molecule has 3 rings (SSSR count). The minimum absolute atomic E-state index is 0.596. The molecule has 0 radical (unpaired) electrons. The number of benzene rings is 1. The number of nitrogens with zero attached hydrogens (tertiary/aromatic N) is 1. The van der Waals surface area contributed by atoms with Crippen LogP contribution in [0.5, 0.6) is 5.75 Å². The molecule has 104 valence electrons. The van der Waals surface area contributed by atoms with Gasteiger partial charge in [-0.3, -0.25) is 4.90 Å². The number of hydrogen-bond donors (Lipinski definition) is 1. The van der Waals surface area contributed by atoms with Gasteiger partial charge >= 0.3 is 0 Å². The summed E-state index contributed by atoms with van der Waals surface area (Å²) in [7, 11) is 1.79. The van der Waals surface area contributed by atoms with Gasteiger partial charge in [0.15, 0.2) is 0 Å². The first kappa shape index (κ1) is 12.9. The lowest BCUT2D eigenvalue weighted by molar-refractivity contribution is 0.189. The zero-order chi connectivity index (χ0) is 13.1. The van der Waals surface area contributed by atoms with Crippen molar-refractivity contribution in [3.05, 3.63) is 29.3 Å². The van der Waals surface area contributed by atoms with Gasteiger partial charge in [-0.05, 0) is 49.4 Å². The molecule has 0 saturated carbocycles. The number of methoxy groups -OCH3 is 1. The van der Waals surface area contributed by atoms with Crippen molar-refractivity contribution in [2.75, 3.05) is 33.3 Å². The van der Waals surface area contributed by atoms with Crippen LogP contribution in [0.25, 0.3) is 0 Å². The van der Waals surface area contributed by atoms with Gasteiger partial charge in [-0.15, -0.1) is 0 Å². The second-order valence-electron chi connectivity index (χ2n) is 5.58. The molecule has 0 aromatic heterocycles. The van der Waals surface area contributed by atoms with E-state index in [0.29, 0.717) is 6.04 Å². The first-order valence-corrected chi connectivity index (χ1v) is 7.50. The van der Waals surface area contributed by atoms with Crippen molar-refractivity contribution in [3.63, 3.8) is 0 Å². The predicted molar refractivity (Wildman–Crippen MR) is 77.7 cm³/mol. The van der Waals surface area contributed by atoms with Gasteiger partial charge in [0.1, 0.15) is 5.75 Å². The third kappa shape index (κ3) is 2.63. The summed E-state index contributed by atoms with van der Waals surface area (Å²) in [6.45, 7) is 4.67. The van der Waals surface area contributed by atoms with Gasteiger partial charge in [0.05, 0.1) is 7.11 Å². The summed E-state index contributed by atoms with van der Waals surface area (Å²) >= 11 is 0. The van der Waals surface area contributed by atoms with Crippen LogP contribution >= 0.6 is 0 Å². The van der Waals surface area contributed by atoms with Crippen molar-refractivity contribution in [3.8, 4) is 5.75 Å². The van der Waals surface area contributed by atoms with Crippen molar-refractivity contribution in [2.24, 2.45) is 0 Å². The molecule has 1 aliphatic heterocycles. The molecule has 1 saturated heterocycles. The Morgan fingerprint density at radius 1 is 1.21 bits per heavy atom. The van der Waals surface area contributed by atoms with Crippen LogP contribution in [-0.4, -0.2) is 38.2 Å². The fourth-order valence-electron chi connectivity index (χ4n) is 3.54. The molecule has 2 aliphatic rings. The first-order chi connectivity index (χ1) is 9.40. The number of hydrogen-bond acceptors (Lipinski definition) is 3. The second kappa shape index (κ2) is 5.93. The van der Waals surface area contributed by atoms with Crippen LogP contribution in [0.2, 0.25) is 0 Å². The van der Waals surface area contributed by atoms with Crippen molar-refractivity contribution >= 4 is 0 Å². The summed E-state index contributed by atoms with van der Waals surface area (Å²) in [5.41, 5.74) is 2.95. The van der Waals surface area contributed by atoms with Crippen LogP contribution < -0.4 is 10.1 Å². The molecule has 1 aliphatic carbocycles. The van der Waals surface area contributed by atoms with Crippen molar-refractivity contribution in [2.45, 2.75) is 31.7 Å². The maximum Gasteiger partial charge on any atom is 0.122 e. The van der Waals surface area contributed by atoms with Crippen LogP contribution in [-0.2, 0) is 6.42 Å². The Bertz CT molecular complexity index is 425. The smallest absolute Gasteiger partial charge is 0.122 e. The molecule has 3 nitrogen and oxygen atoms in total. The molecule has 1 atom stereocenters. The predicted octanol–water partition coefficient (Wildman–Crippen LogP) is 2.37. The maximum atomic E-state index is 5.54. The first-order valence-electron chi connectivity index (χ1n) is 7.50.